The molecule has 1 saturated heterocycles. The lowest BCUT2D eigenvalue weighted by Gasteiger charge is -2.28. The third kappa shape index (κ3) is 2.76. The van der Waals surface area contributed by atoms with E-state index in [0.717, 1.165) is 24.6 Å². The Bertz CT molecular complexity index is 445. The van der Waals surface area contributed by atoms with Gasteiger partial charge in [-0.05, 0) is 18.6 Å². The van der Waals surface area contributed by atoms with Crippen LogP contribution >= 0.6 is 11.8 Å². The summed E-state index contributed by atoms with van der Waals surface area (Å²) in [6.45, 7) is 3.27. The standard InChI is InChI=1S/C12H16N2O3S/c1-9(15)10-2-3-11(12(8-10)14(16)17)13-4-6-18-7-5-13/h2-3,8-9,15H,4-7H2,1H3/t9-/m0/s1. The molecule has 0 spiro atoms. The fourth-order valence-corrected chi connectivity index (χ4v) is 2.92. The number of rotatable bonds is 3. The number of hydrogen-bond acceptors (Lipinski definition) is 5. The van der Waals surface area contributed by atoms with Gasteiger partial charge in [0.2, 0.25) is 0 Å². The van der Waals surface area contributed by atoms with Crippen LogP contribution in [0.1, 0.15) is 18.6 Å². The van der Waals surface area contributed by atoms with Crippen LogP contribution in [0.25, 0.3) is 0 Å². The van der Waals surface area contributed by atoms with E-state index in [-0.39, 0.29) is 10.6 Å². The van der Waals surface area contributed by atoms with E-state index < -0.39 is 6.10 Å². The third-order valence-corrected chi connectivity index (χ3v) is 3.97. The first-order chi connectivity index (χ1) is 8.59. The summed E-state index contributed by atoms with van der Waals surface area (Å²) in [5, 5.41) is 20.6. The first-order valence-corrected chi connectivity index (χ1v) is 7.04. The van der Waals surface area contributed by atoms with E-state index in [1.165, 1.54) is 6.07 Å². The molecule has 1 aromatic rings. The largest absolute Gasteiger partial charge is 0.389 e. The summed E-state index contributed by atoms with van der Waals surface area (Å²) in [4.78, 5) is 12.8. The number of aliphatic hydroxyl groups is 1. The molecule has 1 N–H and O–H groups in total. The maximum Gasteiger partial charge on any atom is 0.292 e. The molecule has 0 unspecified atom stereocenters. The molecule has 0 saturated carbocycles. The van der Waals surface area contributed by atoms with Crippen LogP contribution in [0.2, 0.25) is 0 Å². The molecule has 18 heavy (non-hydrogen) atoms. The lowest BCUT2D eigenvalue weighted by atomic mass is 10.1. The van der Waals surface area contributed by atoms with E-state index in [1.807, 2.05) is 16.7 Å². The van der Waals surface area contributed by atoms with E-state index in [1.54, 1.807) is 19.1 Å². The predicted octanol–water partition coefficient (Wildman–Crippen LogP) is 2.20. The maximum atomic E-state index is 11.1. The Kier molecular flexibility index (Phi) is 4.08. The summed E-state index contributed by atoms with van der Waals surface area (Å²) in [7, 11) is 0. The van der Waals surface area contributed by atoms with Crippen molar-refractivity contribution in [2.24, 2.45) is 0 Å². The summed E-state index contributed by atoms with van der Waals surface area (Å²) in [6.07, 6.45) is -0.685. The molecule has 2 rings (SSSR count). The van der Waals surface area contributed by atoms with E-state index >= 15 is 0 Å². The highest BCUT2D eigenvalue weighted by Gasteiger charge is 2.22. The summed E-state index contributed by atoms with van der Waals surface area (Å²) in [5.41, 5.74) is 1.32. The highest BCUT2D eigenvalue weighted by molar-refractivity contribution is 7.99. The Morgan fingerprint density at radius 1 is 1.44 bits per heavy atom. The Morgan fingerprint density at radius 3 is 2.67 bits per heavy atom. The minimum atomic E-state index is -0.685. The van der Waals surface area contributed by atoms with Gasteiger partial charge in [0.15, 0.2) is 0 Å². The lowest BCUT2D eigenvalue weighted by Crippen LogP contribution is -2.32. The molecule has 1 aromatic carbocycles. The van der Waals surface area contributed by atoms with E-state index in [2.05, 4.69) is 0 Å². The van der Waals surface area contributed by atoms with Gasteiger partial charge in [-0.1, -0.05) is 6.07 Å². The zero-order valence-corrected chi connectivity index (χ0v) is 11.0. The summed E-state index contributed by atoms with van der Waals surface area (Å²) in [5.74, 6) is 1.99. The van der Waals surface area contributed by atoms with Crippen molar-refractivity contribution in [2.75, 3.05) is 29.5 Å². The highest BCUT2D eigenvalue weighted by Crippen LogP contribution is 2.32. The van der Waals surface area contributed by atoms with Gasteiger partial charge >= 0.3 is 0 Å². The Balaban J connectivity index is 2.36. The normalized spacial score (nSPS) is 17.6. The molecular formula is C12H16N2O3S. The molecular weight excluding hydrogens is 252 g/mol. The Labute approximate surface area is 110 Å². The quantitative estimate of drug-likeness (QED) is 0.672. The molecule has 5 nitrogen and oxygen atoms in total. The smallest absolute Gasteiger partial charge is 0.292 e. The van der Waals surface area contributed by atoms with Crippen molar-refractivity contribution >= 4 is 23.1 Å². The van der Waals surface area contributed by atoms with E-state index in [4.69, 9.17) is 0 Å². The SMILES string of the molecule is C[C@H](O)c1ccc(N2CCSCC2)c([N+](=O)[O-])c1. The number of thioether (sulfide) groups is 1. The Morgan fingerprint density at radius 2 is 2.11 bits per heavy atom. The molecule has 1 aliphatic rings. The monoisotopic (exact) mass is 268 g/mol. The van der Waals surface area contributed by atoms with Crippen molar-refractivity contribution in [3.05, 3.63) is 33.9 Å². The third-order valence-electron chi connectivity index (χ3n) is 3.03. The van der Waals surface area contributed by atoms with Gasteiger partial charge in [-0.15, -0.1) is 0 Å². The van der Waals surface area contributed by atoms with Crippen LogP contribution in [-0.2, 0) is 0 Å². The second kappa shape index (κ2) is 5.58. The first-order valence-electron chi connectivity index (χ1n) is 5.88. The van der Waals surface area contributed by atoms with Gasteiger partial charge in [0.25, 0.3) is 5.69 Å². The zero-order valence-electron chi connectivity index (χ0n) is 10.2. The number of benzene rings is 1. The van der Waals surface area contributed by atoms with Crippen LogP contribution in [0.3, 0.4) is 0 Å². The molecule has 6 heteroatoms. The number of nitrogens with zero attached hydrogens (tertiary/aromatic N) is 2. The van der Waals surface area contributed by atoms with Crippen LogP contribution in [0.15, 0.2) is 18.2 Å². The average molecular weight is 268 g/mol. The second-order valence-electron chi connectivity index (χ2n) is 4.28. The van der Waals surface area contributed by atoms with Crippen molar-refractivity contribution in [1.29, 1.82) is 0 Å². The fraction of sp³-hybridized carbons (Fsp3) is 0.500. The zero-order chi connectivity index (χ0) is 13.1. The number of nitro groups is 1. The molecule has 0 bridgehead atoms. The van der Waals surface area contributed by atoms with Crippen LogP contribution in [0, 0.1) is 10.1 Å². The lowest BCUT2D eigenvalue weighted by molar-refractivity contribution is -0.384. The van der Waals surface area contributed by atoms with Gasteiger partial charge < -0.3 is 10.0 Å². The number of hydrogen-bond donors (Lipinski definition) is 1. The van der Waals surface area contributed by atoms with Crippen LogP contribution in [0.5, 0.6) is 0 Å². The van der Waals surface area contributed by atoms with Gasteiger partial charge in [0, 0.05) is 30.7 Å². The molecule has 1 atom stereocenters. The van der Waals surface area contributed by atoms with Gasteiger partial charge in [0.05, 0.1) is 11.0 Å². The van der Waals surface area contributed by atoms with E-state index in [9.17, 15) is 15.2 Å². The fourth-order valence-electron chi connectivity index (χ4n) is 2.02. The van der Waals surface area contributed by atoms with Crippen molar-refractivity contribution in [1.82, 2.24) is 0 Å². The first kappa shape index (κ1) is 13.2. The van der Waals surface area contributed by atoms with Gasteiger partial charge in [-0.2, -0.15) is 11.8 Å². The van der Waals surface area contributed by atoms with Gasteiger partial charge in [-0.3, -0.25) is 10.1 Å². The van der Waals surface area contributed by atoms with Gasteiger partial charge in [-0.25, -0.2) is 0 Å². The average Bonchev–Trinajstić information content (AvgIpc) is 2.39. The van der Waals surface area contributed by atoms with Crippen LogP contribution in [-0.4, -0.2) is 34.6 Å². The number of anilines is 1. The minimum absolute atomic E-state index is 0.0836. The van der Waals surface area contributed by atoms with Crippen LogP contribution < -0.4 is 4.90 Å². The summed E-state index contributed by atoms with van der Waals surface area (Å²) < 4.78 is 0. The number of nitro benzene ring substituents is 1. The molecule has 1 aliphatic heterocycles. The molecule has 1 fully saturated rings. The van der Waals surface area contributed by atoms with Crippen LogP contribution in [0.4, 0.5) is 11.4 Å². The van der Waals surface area contributed by atoms with Crippen molar-refractivity contribution < 1.29 is 10.0 Å². The predicted molar refractivity (Wildman–Crippen MR) is 73.3 cm³/mol. The molecule has 0 aromatic heterocycles. The Hall–Kier alpha value is -1.27. The topological polar surface area (TPSA) is 66.6 Å². The van der Waals surface area contributed by atoms with Crippen molar-refractivity contribution in [3.63, 3.8) is 0 Å². The molecule has 0 radical (unpaired) electrons. The number of aliphatic hydroxyl groups excluding tert-OH is 1. The van der Waals surface area contributed by atoms with Crippen molar-refractivity contribution in [3.8, 4) is 0 Å². The highest BCUT2D eigenvalue weighted by atomic mass is 32.2. The molecule has 0 amide bonds. The molecule has 1 heterocycles. The minimum Gasteiger partial charge on any atom is -0.389 e. The summed E-state index contributed by atoms with van der Waals surface area (Å²) in [6, 6.07) is 4.98. The molecule has 0 aliphatic carbocycles. The second-order valence-corrected chi connectivity index (χ2v) is 5.51. The van der Waals surface area contributed by atoms with Gasteiger partial charge in [0.1, 0.15) is 5.69 Å². The molecule has 98 valence electrons. The summed E-state index contributed by atoms with van der Waals surface area (Å²) >= 11 is 1.86. The van der Waals surface area contributed by atoms with Crippen molar-refractivity contribution in [2.45, 2.75) is 13.0 Å². The maximum absolute atomic E-state index is 11.1. The van der Waals surface area contributed by atoms with E-state index in [0.29, 0.717) is 11.3 Å².